The molecule has 33 heavy (non-hydrogen) atoms. The predicted molar refractivity (Wildman–Crippen MR) is 126 cm³/mol. The zero-order valence-corrected chi connectivity index (χ0v) is 18.9. The second-order valence-electron chi connectivity index (χ2n) is 7.76. The lowest BCUT2D eigenvalue weighted by atomic mass is 10.2. The highest BCUT2D eigenvalue weighted by Gasteiger charge is 2.16. The highest BCUT2D eigenvalue weighted by molar-refractivity contribution is 7.89. The molecule has 0 radical (unpaired) electrons. The number of carbonyl (C=O) groups is 1. The minimum Gasteiger partial charge on any atom is -0.491 e. The summed E-state index contributed by atoms with van der Waals surface area (Å²) in [4.78, 5) is 12.7. The molecule has 0 spiro atoms. The van der Waals surface area contributed by atoms with Crippen LogP contribution in [0.25, 0.3) is 0 Å². The number of anilines is 1. The van der Waals surface area contributed by atoms with Gasteiger partial charge in [-0.25, -0.2) is 13.1 Å². The van der Waals surface area contributed by atoms with Crippen molar-refractivity contribution in [2.75, 3.05) is 18.5 Å². The molecule has 8 heteroatoms. The zero-order chi connectivity index (χ0) is 23.1. The molecule has 3 aromatic rings. The van der Waals surface area contributed by atoms with Crippen LogP contribution >= 0.6 is 0 Å². The van der Waals surface area contributed by atoms with E-state index in [-0.39, 0.29) is 23.5 Å². The number of carbonyl (C=O) groups excluding carboxylic acids is 1. The molecule has 1 heterocycles. The van der Waals surface area contributed by atoms with Crippen LogP contribution < -0.4 is 14.8 Å². The average molecular weight is 467 g/mol. The molecule has 1 fully saturated rings. The van der Waals surface area contributed by atoms with Crippen LogP contribution in [0, 0.1) is 0 Å². The monoisotopic (exact) mass is 466 g/mol. The number of sulfonamides is 1. The number of ether oxygens (including phenoxy) is 2. The maximum Gasteiger partial charge on any atom is 0.255 e. The Balaban J connectivity index is 1.31. The first-order valence-corrected chi connectivity index (χ1v) is 12.3. The molecule has 2 N–H and O–H groups in total. The second-order valence-corrected chi connectivity index (χ2v) is 9.53. The first kappa shape index (κ1) is 23.0. The van der Waals surface area contributed by atoms with Crippen LogP contribution in [0.2, 0.25) is 0 Å². The molecule has 1 amide bonds. The van der Waals surface area contributed by atoms with Crippen LogP contribution in [0.4, 0.5) is 5.69 Å². The Morgan fingerprint density at radius 1 is 0.970 bits per heavy atom. The lowest BCUT2D eigenvalue weighted by Gasteiger charge is -2.12. The summed E-state index contributed by atoms with van der Waals surface area (Å²) < 4.78 is 38.9. The molecule has 1 aliphatic rings. The van der Waals surface area contributed by atoms with Crippen molar-refractivity contribution in [3.63, 3.8) is 0 Å². The summed E-state index contributed by atoms with van der Waals surface area (Å²) in [6, 6.07) is 22.2. The molecule has 7 nitrogen and oxygen atoms in total. The molecule has 3 aromatic carbocycles. The van der Waals surface area contributed by atoms with Gasteiger partial charge in [-0.15, -0.1) is 0 Å². The van der Waals surface area contributed by atoms with Crippen LogP contribution in [0.3, 0.4) is 0 Å². The fourth-order valence-electron chi connectivity index (χ4n) is 3.45. The summed E-state index contributed by atoms with van der Waals surface area (Å²) in [5.41, 5.74) is 1.84. The average Bonchev–Trinajstić information content (AvgIpc) is 3.37. The van der Waals surface area contributed by atoms with Crippen LogP contribution in [-0.2, 0) is 21.3 Å². The Morgan fingerprint density at radius 2 is 1.70 bits per heavy atom. The topological polar surface area (TPSA) is 93.7 Å². The number of benzene rings is 3. The van der Waals surface area contributed by atoms with Gasteiger partial charge in [-0.2, -0.15) is 0 Å². The Kier molecular flexibility index (Phi) is 7.39. The van der Waals surface area contributed by atoms with E-state index in [1.54, 1.807) is 36.4 Å². The summed E-state index contributed by atoms with van der Waals surface area (Å²) in [7, 11) is -3.66. The van der Waals surface area contributed by atoms with Gasteiger partial charge in [0.25, 0.3) is 5.91 Å². The van der Waals surface area contributed by atoms with E-state index in [1.807, 2.05) is 30.3 Å². The molecule has 1 aliphatic heterocycles. The standard InChI is InChI=1S/C25H26N2O5S/c28-25(20-8-12-22(13-9-20)32-18-23-7-4-16-31-23)27-21-10-14-24(15-11-21)33(29,30)26-17-19-5-2-1-3-6-19/h1-3,5-6,8-15,23,26H,4,7,16-18H2,(H,27,28). The van der Waals surface area contributed by atoms with Gasteiger partial charge >= 0.3 is 0 Å². The quantitative estimate of drug-likeness (QED) is 0.498. The van der Waals surface area contributed by atoms with Crippen molar-refractivity contribution < 1.29 is 22.7 Å². The minimum atomic E-state index is -3.66. The van der Waals surface area contributed by atoms with Gasteiger partial charge in [0.2, 0.25) is 10.0 Å². The Bertz CT molecular complexity index is 1160. The SMILES string of the molecule is O=C(Nc1ccc(S(=O)(=O)NCc2ccccc2)cc1)c1ccc(OCC2CCCO2)cc1. The third-order valence-corrected chi connectivity index (χ3v) is 6.73. The van der Waals surface area contributed by atoms with E-state index in [0.29, 0.717) is 23.6 Å². The van der Waals surface area contributed by atoms with Crippen molar-refractivity contribution in [2.45, 2.75) is 30.4 Å². The number of rotatable bonds is 9. The Morgan fingerprint density at radius 3 is 2.36 bits per heavy atom. The van der Waals surface area contributed by atoms with Crippen LogP contribution in [-0.4, -0.2) is 33.6 Å². The molecule has 0 bridgehead atoms. The van der Waals surface area contributed by atoms with E-state index >= 15 is 0 Å². The number of amides is 1. The number of nitrogens with one attached hydrogen (secondary N) is 2. The van der Waals surface area contributed by atoms with E-state index in [4.69, 9.17) is 9.47 Å². The van der Waals surface area contributed by atoms with Crippen molar-refractivity contribution in [1.29, 1.82) is 0 Å². The fourth-order valence-corrected chi connectivity index (χ4v) is 4.46. The van der Waals surface area contributed by atoms with Crippen molar-refractivity contribution in [1.82, 2.24) is 4.72 Å². The highest BCUT2D eigenvalue weighted by atomic mass is 32.2. The second kappa shape index (κ2) is 10.6. The van der Waals surface area contributed by atoms with E-state index in [1.165, 1.54) is 12.1 Å². The van der Waals surface area contributed by atoms with E-state index in [0.717, 1.165) is 25.0 Å². The van der Waals surface area contributed by atoms with Crippen molar-refractivity contribution in [2.24, 2.45) is 0 Å². The van der Waals surface area contributed by atoms with E-state index < -0.39 is 10.0 Å². The van der Waals surface area contributed by atoms with Gasteiger partial charge in [-0.1, -0.05) is 30.3 Å². The molecule has 1 saturated heterocycles. The molecule has 4 rings (SSSR count). The minimum absolute atomic E-state index is 0.129. The third kappa shape index (κ3) is 6.41. The summed E-state index contributed by atoms with van der Waals surface area (Å²) >= 11 is 0. The smallest absolute Gasteiger partial charge is 0.255 e. The molecule has 0 aliphatic carbocycles. The molecule has 172 valence electrons. The van der Waals surface area contributed by atoms with Gasteiger partial charge < -0.3 is 14.8 Å². The summed E-state index contributed by atoms with van der Waals surface area (Å²) in [6.07, 6.45) is 2.20. The third-order valence-electron chi connectivity index (χ3n) is 5.31. The first-order valence-electron chi connectivity index (χ1n) is 10.8. The first-order chi connectivity index (χ1) is 16.0. The van der Waals surface area contributed by atoms with Gasteiger partial charge in [0.1, 0.15) is 12.4 Å². The van der Waals surface area contributed by atoms with Gasteiger partial charge in [0.15, 0.2) is 0 Å². The van der Waals surface area contributed by atoms with Crippen molar-refractivity contribution >= 4 is 21.6 Å². The van der Waals surface area contributed by atoms with Gasteiger partial charge in [0.05, 0.1) is 11.0 Å². The van der Waals surface area contributed by atoms with Crippen LogP contribution in [0.15, 0.2) is 83.8 Å². The molecule has 0 saturated carbocycles. The van der Waals surface area contributed by atoms with Crippen molar-refractivity contribution in [3.05, 3.63) is 90.0 Å². The van der Waals surface area contributed by atoms with E-state index in [2.05, 4.69) is 10.0 Å². The fraction of sp³-hybridized carbons (Fsp3) is 0.240. The summed E-state index contributed by atoms with van der Waals surface area (Å²) in [6.45, 7) is 1.49. The highest BCUT2D eigenvalue weighted by Crippen LogP contribution is 2.19. The Hall–Kier alpha value is -3.20. The summed E-state index contributed by atoms with van der Waals surface area (Å²) in [5.74, 6) is 0.387. The Labute approximate surface area is 193 Å². The molecule has 0 aromatic heterocycles. The lowest BCUT2D eigenvalue weighted by molar-refractivity contribution is 0.0679. The van der Waals surface area contributed by atoms with Gasteiger partial charge in [-0.05, 0) is 66.9 Å². The maximum absolute atomic E-state index is 12.5. The maximum atomic E-state index is 12.5. The molecule has 1 unspecified atom stereocenters. The van der Waals surface area contributed by atoms with Crippen LogP contribution in [0.5, 0.6) is 5.75 Å². The number of hydrogen-bond acceptors (Lipinski definition) is 5. The molecule has 1 atom stereocenters. The normalized spacial score (nSPS) is 15.8. The van der Waals surface area contributed by atoms with Gasteiger partial charge in [-0.3, -0.25) is 4.79 Å². The lowest BCUT2D eigenvalue weighted by Crippen LogP contribution is -2.23. The van der Waals surface area contributed by atoms with Gasteiger partial charge in [0, 0.05) is 24.4 Å². The molecular formula is C25H26N2O5S. The van der Waals surface area contributed by atoms with E-state index in [9.17, 15) is 13.2 Å². The number of hydrogen-bond donors (Lipinski definition) is 2. The zero-order valence-electron chi connectivity index (χ0n) is 18.1. The van der Waals surface area contributed by atoms with Crippen molar-refractivity contribution in [3.8, 4) is 5.75 Å². The van der Waals surface area contributed by atoms with Crippen LogP contribution in [0.1, 0.15) is 28.8 Å². The summed E-state index contributed by atoms with van der Waals surface area (Å²) in [5, 5.41) is 2.78. The largest absolute Gasteiger partial charge is 0.491 e. The molecular weight excluding hydrogens is 440 g/mol. The predicted octanol–water partition coefficient (Wildman–Crippen LogP) is 3.98.